The lowest BCUT2D eigenvalue weighted by molar-refractivity contribution is -0.384. The molecule has 1 heterocycles. The molecule has 1 aromatic heterocycles. The Balaban J connectivity index is 1.70. The van der Waals surface area contributed by atoms with Crippen molar-refractivity contribution >= 4 is 61.6 Å². The molecule has 29 heavy (non-hydrogen) atoms. The van der Waals surface area contributed by atoms with Crippen molar-refractivity contribution in [1.82, 2.24) is 10.3 Å². The summed E-state index contributed by atoms with van der Waals surface area (Å²) < 4.78 is 0.590. The molecule has 0 atom stereocenters. The van der Waals surface area contributed by atoms with E-state index in [0.717, 1.165) is 6.07 Å². The average Bonchev–Trinajstić information content (AvgIpc) is 3.00. The van der Waals surface area contributed by atoms with Crippen molar-refractivity contribution in [2.75, 3.05) is 6.54 Å². The topological polar surface area (TPSA) is 150 Å². The number of non-ortho nitro benzene ring substituents is 1. The number of halogens is 2. The van der Waals surface area contributed by atoms with Crippen molar-refractivity contribution < 1.29 is 19.6 Å². The molecule has 3 aromatic rings. The molecular weight excluding hydrogens is 470 g/mol. The number of aromatic hydroxyl groups is 1. The summed E-state index contributed by atoms with van der Waals surface area (Å²) in [5, 5.41) is 31.1. The largest absolute Gasteiger partial charge is 0.493 e. The number of carbonyl (C=O) groups excluding carboxylic acids is 2. The van der Waals surface area contributed by atoms with Gasteiger partial charge in [-0.3, -0.25) is 19.7 Å². The van der Waals surface area contributed by atoms with Gasteiger partial charge in [0.2, 0.25) is 5.88 Å². The van der Waals surface area contributed by atoms with E-state index in [4.69, 9.17) is 11.6 Å². The number of hydrogen-bond acceptors (Lipinski definition) is 6. The maximum Gasteiger partial charge on any atom is 0.283 e. The Kier molecular flexibility index (Phi) is 5.89. The molecule has 0 spiro atoms. The second-order valence-electron chi connectivity index (χ2n) is 5.72. The van der Waals surface area contributed by atoms with Crippen LogP contribution in [0.4, 0.5) is 11.4 Å². The van der Waals surface area contributed by atoms with Gasteiger partial charge in [0.1, 0.15) is 6.54 Å². The van der Waals surface area contributed by atoms with Crippen molar-refractivity contribution in [1.29, 1.82) is 0 Å². The second kappa shape index (κ2) is 8.37. The highest BCUT2D eigenvalue weighted by molar-refractivity contribution is 9.10. The predicted octanol–water partition coefficient (Wildman–Crippen LogP) is 4.24. The van der Waals surface area contributed by atoms with Crippen LogP contribution in [0.3, 0.4) is 0 Å². The molecule has 0 saturated carbocycles. The van der Waals surface area contributed by atoms with Gasteiger partial charge in [-0.2, -0.15) is 0 Å². The van der Waals surface area contributed by atoms with Crippen LogP contribution in [0.2, 0.25) is 5.02 Å². The van der Waals surface area contributed by atoms with Gasteiger partial charge in [0.05, 0.1) is 10.4 Å². The number of nitrogens with one attached hydrogen (secondary N) is 2. The van der Waals surface area contributed by atoms with Crippen molar-refractivity contribution in [2.45, 2.75) is 0 Å². The lowest BCUT2D eigenvalue weighted by atomic mass is 10.2. The number of hydrogen-bond donors (Lipinski definition) is 3. The highest BCUT2D eigenvalue weighted by atomic mass is 79.9. The molecule has 12 heteroatoms. The summed E-state index contributed by atoms with van der Waals surface area (Å²) in [5.41, 5.74) is 0.315. The number of H-pyrrole nitrogens is 1. The highest BCUT2D eigenvalue weighted by Crippen LogP contribution is 2.40. The third kappa shape index (κ3) is 4.58. The molecule has 0 saturated heterocycles. The average molecular weight is 481 g/mol. The number of aromatic amines is 1. The third-order valence-electron chi connectivity index (χ3n) is 3.76. The quantitative estimate of drug-likeness (QED) is 0.283. The minimum absolute atomic E-state index is 0.0153. The Morgan fingerprint density at radius 1 is 1.31 bits per heavy atom. The first-order valence-corrected chi connectivity index (χ1v) is 9.10. The predicted molar refractivity (Wildman–Crippen MR) is 108 cm³/mol. The van der Waals surface area contributed by atoms with Gasteiger partial charge in [-0.25, -0.2) is 0 Å². The minimum atomic E-state index is -0.793. The Morgan fingerprint density at radius 2 is 2.07 bits per heavy atom. The number of rotatable bonds is 5. The van der Waals surface area contributed by atoms with Crippen LogP contribution in [0, 0.1) is 10.1 Å². The zero-order valence-electron chi connectivity index (χ0n) is 14.3. The number of amides is 2. The smallest absolute Gasteiger partial charge is 0.283 e. The lowest BCUT2D eigenvalue weighted by Gasteiger charge is -2.02. The van der Waals surface area contributed by atoms with E-state index in [1.807, 2.05) is 0 Å². The van der Waals surface area contributed by atoms with E-state index < -0.39 is 23.3 Å². The first-order valence-electron chi connectivity index (χ1n) is 7.93. The fraction of sp³-hybridized carbons (Fsp3) is 0.0588. The van der Waals surface area contributed by atoms with Gasteiger partial charge in [0.15, 0.2) is 5.69 Å². The Morgan fingerprint density at radius 3 is 2.79 bits per heavy atom. The lowest BCUT2D eigenvalue weighted by Crippen LogP contribution is -2.28. The van der Waals surface area contributed by atoms with Gasteiger partial charge < -0.3 is 15.4 Å². The molecule has 0 bridgehead atoms. The molecule has 3 rings (SSSR count). The third-order valence-corrected chi connectivity index (χ3v) is 4.60. The summed E-state index contributed by atoms with van der Waals surface area (Å²) in [4.78, 5) is 36.8. The molecule has 2 amide bonds. The van der Waals surface area contributed by atoms with Crippen molar-refractivity contribution in [3.63, 3.8) is 0 Å². The van der Waals surface area contributed by atoms with Gasteiger partial charge in [-0.1, -0.05) is 17.7 Å². The van der Waals surface area contributed by atoms with Crippen LogP contribution in [0.5, 0.6) is 5.88 Å². The Labute approximate surface area is 175 Å². The van der Waals surface area contributed by atoms with E-state index in [1.54, 1.807) is 12.1 Å². The fourth-order valence-corrected chi connectivity index (χ4v) is 3.36. The van der Waals surface area contributed by atoms with Crippen LogP contribution in [-0.2, 0) is 4.79 Å². The maximum atomic E-state index is 12.0. The monoisotopic (exact) mass is 479 g/mol. The van der Waals surface area contributed by atoms with Crippen LogP contribution in [-0.4, -0.2) is 33.4 Å². The van der Waals surface area contributed by atoms with Crippen LogP contribution in [0.25, 0.3) is 10.9 Å². The normalized spacial score (nSPS) is 11.1. The van der Waals surface area contributed by atoms with Gasteiger partial charge >= 0.3 is 0 Å². The van der Waals surface area contributed by atoms with Crippen LogP contribution in [0.1, 0.15) is 10.4 Å². The zero-order chi connectivity index (χ0) is 21.1. The number of nitrogens with zero attached hydrogens (tertiary/aromatic N) is 3. The fourth-order valence-electron chi connectivity index (χ4n) is 2.45. The highest BCUT2D eigenvalue weighted by Gasteiger charge is 2.15. The Hall–Kier alpha value is -3.31. The van der Waals surface area contributed by atoms with Crippen LogP contribution < -0.4 is 5.32 Å². The number of fused-ring (bicyclic) bond motifs is 1. The summed E-state index contributed by atoms with van der Waals surface area (Å²) in [7, 11) is 0. The molecule has 3 N–H and O–H groups in total. The van der Waals surface area contributed by atoms with Gasteiger partial charge in [-0.15, -0.1) is 10.2 Å². The molecule has 0 radical (unpaired) electrons. The summed E-state index contributed by atoms with van der Waals surface area (Å²) in [6.45, 7) is -0.488. The first kappa shape index (κ1) is 20.4. The first-order chi connectivity index (χ1) is 13.8. The molecule has 0 fully saturated rings. The van der Waals surface area contributed by atoms with Gasteiger partial charge in [-0.05, 0) is 34.1 Å². The standard InChI is InChI=1S/C17H11BrClN5O5/c18-12-6-9(19)5-11-14(12)21-17(27)15(11)23-22-13(25)7-20-16(26)8-2-1-3-10(4-8)24(28)29/h1-6,21,27H,7H2,(H,20,26). The van der Waals surface area contributed by atoms with Crippen molar-refractivity contribution in [2.24, 2.45) is 10.2 Å². The van der Waals surface area contributed by atoms with Gasteiger partial charge in [0.25, 0.3) is 17.5 Å². The van der Waals surface area contributed by atoms with E-state index in [0.29, 0.717) is 20.4 Å². The number of benzene rings is 2. The van der Waals surface area contributed by atoms with E-state index >= 15 is 0 Å². The second-order valence-corrected chi connectivity index (χ2v) is 7.01. The van der Waals surface area contributed by atoms with E-state index in [-0.39, 0.29) is 22.8 Å². The van der Waals surface area contributed by atoms with Crippen molar-refractivity contribution in [3.8, 4) is 5.88 Å². The molecule has 10 nitrogen and oxygen atoms in total. The number of nitro groups is 1. The number of azo groups is 1. The van der Waals surface area contributed by atoms with E-state index in [2.05, 4.69) is 36.5 Å². The molecule has 2 aromatic carbocycles. The SMILES string of the molecule is O=C(CNC(=O)c1cccc([N+](=O)[O-])c1)N=Nc1c(O)[nH]c2c(Br)cc(Cl)cc12. The minimum Gasteiger partial charge on any atom is -0.493 e. The van der Waals surface area contributed by atoms with Gasteiger partial charge in [0, 0.05) is 32.6 Å². The molecule has 148 valence electrons. The number of aromatic nitrogens is 1. The zero-order valence-corrected chi connectivity index (χ0v) is 16.7. The van der Waals surface area contributed by atoms with E-state index in [1.165, 1.54) is 18.2 Å². The van der Waals surface area contributed by atoms with E-state index in [9.17, 15) is 24.8 Å². The van der Waals surface area contributed by atoms with Crippen LogP contribution in [0.15, 0.2) is 51.1 Å². The summed E-state index contributed by atoms with van der Waals surface area (Å²) >= 11 is 9.28. The van der Waals surface area contributed by atoms with Crippen molar-refractivity contribution in [3.05, 3.63) is 61.6 Å². The molecule has 0 aliphatic carbocycles. The molecule has 0 aliphatic heterocycles. The van der Waals surface area contributed by atoms with Crippen LogP contribution >= 0.6 is 27.5 Å². The Bertz CT molecular complexity index is 1180. The summed E-state index contributed by atoms with van der Waals surface area (Å²) in [5.74, 6) is -1.78. The maximum absolute atomic E-state index is 12.0. The molecule has 0 unspecified atom stereocenters. The number of carbonyl (C=O) groups is 2. The molecular formula is C17H11BrClN5O5. The molecule has 0 aliphatic rings. The number of nitro benzene ring substituents is 1. The summed E-state index contributed by atoms with van der Waals surface area (Å²) in [6, 6.07) is 8.23. The summed E-state index contributed by atoms with van der Waals surface area (Å²) in [6.07, 6.45) is 0.